The summed E-state index contributed by atoms with van der Waals surface area (Å²) in [6.45, 7) is 1.71. The maximum Gasteiger partial charge on any atom is 0.146 e. The van der Waals surface area contributed by atoms with Gasteiger partial charge in [0.05, 0.1) is 5.41 Å². The molecule has 0 atom stereocenters. The summed E-state index contributed by atoms with van der Waals surface area (Å²) in [5, 5.41) is 0. The Morgan fingerprint density at radius 3 is 2.36 bits per heavy atom. The van der Waals surface area contributed by atoms with Crippen LogP contribution in [0.25, 0.3) is 0 Å². The van der Waals surface area contributed by atoms with Gasteiger partial charge < -0.3 is 0 Å². The normalized spacial score (nSPS) is 20.6. The highest BCUT2D eigenvalue weighted by Gasteiger charge is 2.44. The third-order valence-corrected chi connectivity index (χ3v) is 2.84. The van der Waals surface area contributed by atoms with E-state index in [1.807, 2.05) is 0 Å². The van der Waals surface area contributed by atoms with E-state index >= 15 is 0 Å². The molecule has 0 aromatic carbocycles. The zero-order valence-electron chi connectivity index (χ0n) is 8.29. The lowest BCUT2D eigenvalue weighted by Gasteiger charge is -2.18. The number of carbonyl (C=O) groups excluding carboxylic acids is 3. The maximum absolute atomic E-state index is 11.5. The van der Waals surface area contributed by atoms with Crippen molar-refractivity contribution >= 4 is 17.9 Å². The molecule has 1 aliphatic rings. The van der Waals surface area contributed by atoms with Crippen LogP contribution in [0.15, 0.2) is 12.2 Å². The second kappa shape index (κ2) is 4.31. The Balaban J connectivity index is 2.56. The van der Waals surface area contributed by atoms with Crippen molar-refractivity contribution < 1.29 is 14.4 Å². The highest BCUT2D eigenvalue weighted by molar-refractivity contribution is 6.12. The summed E-state index contributed by atoms with van der Waals surface area (Å²) in [4.78, 5) is 32.9. The molecule has 0 N–H and O–H groups in total. The summed E-state index contributed by atoms with van der Waals surface area (Å²) in [7, 11) is 0. The molecule has 0 spiro atoms. The Labute approximate surface area is 83.2 Å². The van der Waals surface area contributed by atoms with Crippen molar-refractivity contribution in [3.8, 4) is 0 Å². The molecule has 76 valence electrons. The number of allylic oxidation sites excluding steroid dienone is 2. The molecule has 1 rings (SSSR count). The molecule has 0 unspecified atom stereocenters. The van der Waals surface area contributed by atoms with E-state index in [0.717, 1.165) is 0 Å². The smallest absolute Gasteiger partial charge is 0.146 e. The average Bonchev–Trinajstić information content (AvgIpc) is 2.42. The van der Waals surface area contributed by atoms with Gasteiger partial charge in [0.2, 0.25) is 0 Å². The first kappa shape index (κ1) is 10.8. The van der Waals surface area contributed by atoms with Gasteiger partial charge in [0, 0.05) is 12.8 Å². The lowest BCUT2D eigenvalue weighted by molar-refractivity contribution is -0.134. The van der Waals surface area contributed by atoms with Crippen molar-refractivity contribution in [2.75, 3.05) is 0 Å². The Kier molecular flexibility index (Phi) is 3.33. The first-order chi connectivity index (χ1) is 6.61. The van der Waals surface area contributed by atoms with Gasteiger partial charge >= 0.3 is 0 Å². The van der Waals surface area contributed by atoms with Crippen LogP contribution in [0, 0.1) is 5.41 Å². The van der Waals surface area contributed by atoms with Crippen molar-refractivity contribution in [1.82, 2.24) is 0 Å². The van der Waals surface area contributed by atoms with Gasteiger partial charge in [-0.05, 0) is 25.8 Å². The van der Waals surface area contributed by atoms with Gasteiger partial charge in [0.25, 0.3) is 0 Å². The number of hydrogen-bond acceptors (Lipinski definition) is 3. The molecule has 3 heteroatoms. The Morgan fingerprint density at radius 2 is 1.86 bits per heavy atom. The summed E-state index contributed by atoms with van der Waals surface area (Å²) >= 11 is 0. The zero-order valence-corrected chi connectivity index (χ0v) is 8.29. The van der Waals surface area contributed by atoms with Crippen LogP contribution in [0.5, 0.6) is 0 Å². The van der Waals surface area contributed by atoms with Crippen LogP contribution in [0.1, 0.15) is 32.6 Å². The van der Waals surface area contributed by atoms with Crippen molar-refractivity contribution in [2.45, 2.75) is 32.6 Å². The molecule has 0 aliphatic heterocycles. The largest absolute Gasteiger partial charge is 0.299 e. The molecule has 1 saturated carbocycles. The topological polar surface area (TPSA) is 51.2 Å². The number of aldehydes is 1. The Bertz CT molecular complexity index is 273. The first-order valence-corrected chi connectivity index (χ1v) is 4.78. The molecule has 3 nitrogen and oxygen atoms in total. The number of ketones is 2. The summed E-state index contributed by atoms with van der Waals surface area (Å²) in [6, 6.07) is 0. The first-order valence-electron chi connectivity index (χ1n) is 4.78. The van der Waals surface area contributed by atoms with E-state index in [9.17, 15) is 14.4 Å². The minimum atomic E-state index is -0.784. The summed E-state index contributed by atoms with van der Waals surface area (Å²) in [5.74, 6) is 0.0870. The highest BCUT2D eigenvalue weighted by Crippen LogP contribution is 2.35. The molecule has 0 saturated heterocycles. The minimum Gasteiger partial charge on any atom is -0.299 e. The van der Waals surface area contributed by atoms with Crippen LogP contribution in [0.3, 0.4) is 0 Å². The van der Waals surface area contributed by atoms with E-state index in [0.29, 0.717) is 32.0 Å². The number of carbonyl (C=O) groups is 3. The Hall–Kier alpha value is -1.25. The second-order valence-electron chi connectivity index (χ2n) is 3.78. The molecule has 0 heterocycles. The van der Waals surface area contributed by atoms with Gasteiger partial charge in [-0.1, -0.05) is 6.08 Å². The molecule has 1 fully saturated rings. The van der Waals surface area contributed by atoms with E-state index in [1.165, 1.54) is 6.08 Å². The molecule has 0 bridgehead atoms. The van der Waals surface area contributed by atoms with Crippen LogP contribution in [0.2, 0.25) is 0 Å². The van der Waals surface area contributed by atoms with E-state index in [2.05, 4.69) is 0 Å². The molecule has 1 aliphatic carbocycles. The van der Waals surface area contributed by atoms with Gasteiger partial charge in [-0.25, -0.2) is 0 Å². The predicted octanol–water partition coefficient (Wildman–Crippen LogP) is 1.46. The van der Waals surface area contributed by atoms with Crippen molar-refractivity contribution in [1.29, 1.82) is 0 Å². The third kappa shape index (κ3) is 1.97. The van der Waals surface area contributed by atoms with Crippen LogP contribution in [-0.4, -0.2) is 17.9 Å². The summed E-state index contributed by atoms with van der Waals surface area (Å²) in [6.07, 6.45) is 5.67. The van der Waals surface area contributed by atoms with Crippen molar-refractivity contribution in [3.63, 3.8) is 0 Å². The van der Waals surface area contributed by atoms with Crippen molar-refractivity contribution in [2.24, 2.45) is 5.41 Å². The molecule has 0 amide bonds. The van der Waals surface area contributed by atoms with Crippen LogP contribution < -0.4 is 0 Å². The van der Waals surface area contributed by atoms with E-state index in [4.69, 9.17) is 0 Å². The van der Waals surface area contributed by atoms with E-state index in [-0.39, 0.29) is 11.6 Å². The monoisotopic (exact) mass is 194 g/mol. The lowest BCUT2D eigenvalue weighted by atomic mass is 9.82. The number of Topliss-reactive ketones (excluding diaryl/α,β-unsaturated/α-hetero) is 2. The molecule has 0 radical (unpaired) electrons. The van der Waals surface area contributed by atoms with Crippen molar-refractivity contribution in [3.05, 3.63) is 12.2 Å². The van der Waals surface area contributed by atoms with Gasteiger partial charge in [-0.3, -0.25) is 14.4 Å². The minimum absolute atomic E-state index is 0.0435. The average molecular weight is 194 g/mol. The fourth-order valence-electron chi connectivity index (χ4n) is 1.74. The highest BCUT2D eigenvalue weighted by atomic mass is 16.2. The molecular formula is C11H14O3. The quantitative estimate of drug-likeness (QED) is 0.387. The molecule has 0 aromatic heterocycles. The Morgan fingerprint density at radius 1 is 1.29 bits per heavy atom. The van der Waals surface area contributed by atoms with Gasteiger partial charge in [-0.15, -0.1) is 0 Å². The van der Waals surface area contributed by atoms with Gasteiger partial charge in [-0.2, -0.15) is 0 Å². The predicted molar refractivity (Wildman–Crippen MR) is 51.8 cm³/mol. The molecule has 0 aromatic rings. The van der Waals surface area contributed by atoms with Gasteiger partial charge in [0.15, 0.2) is 0 Å². The van der Waals surface area contributed by atoms with E-state index in [1.54, 1.807) is 13.0 Å². The number of rotatable bonds is 4. The number of hydrogen-bond donors (Lipinski definition) is 0. The van der Waals surface area contributed by atoms with E-state index < -0.39 is 5.41 Å². The van der Waals surface area contributed by atoms with Gasteiger partial charge in [0.1, 0.15) is 17.9 Å². The second-order valence-corrected chi connectivity index (χ2v) is 3.78. The molecular weight excluding hydrogens is 180 g/mol. The standard InChI is InChI=1S/C11H14O3/c1-11(7-3-2-4-8-12)9(13)5-6-10(11)14/h2,4,8H,3,5-7H2,1H3/b4-2+. The maximum atomic E-state index is 11.5. The zero-order chi connectivity index (χ0) is 10.6. The summed E-state index contributed by atoms with van der Waals surface area (Å²) in [5.41, 5.74) is -0.784. The summed E-state index contributed by atoms with van der Waals surface area (Å²) < 4.78 is 0. The van der Waals surface area contributed by atoms with Crippen LogP contribution in [0.4, 0.5) is 0 Å². The fourth-order valence-corrected chi connectivity index (χ4v) is 1.74. The van der Waals surface area contributed by atoms with Crippen LogP contribution in [-0.2, 0) is 14.4 Å². The lowest BCUT2D eigenvalue weighted by Crippen LogP contribution is -2.28. The van der Waals surface area contributed by atoms with Crippen LogP contribution >= 0.6 is 0 Å². The SMILES string of the molecule is CC1(CC/C=C/C=O)C(=O)CCC1=O. The third-order valence-electron chi connectivity index (χ3n) is 2.84. The fraction of sp³-hybridized carbons (Fsp3) is 0.545. The molecule has 14 heavy (non-hydrogen) atoms.